The van der Waals surface area contributed by atoms with E-state index in [0.717, 1.165) is 47.3 Å². The second-order valence-electron chi connectivity index (χ2n) is 7.54. The van der Waals surface area contributed by atoms with Crippen molar-refractivity contribution in [2.45, 2.75) is 25.4 Å². The summed E-state index contributed by atoms with van der Waals surface area (Å²) in [6, 6.07) is 15.6. The molecule has 3 heterocycles. The van der Waals surface area contributed by atoms with Gasteiger partial charge in [-0.2, -0.15) is 5.10 Å². The molecule has 30 heavy (non-hydrogen) atoms. The van der Waals surface area contributed by atoms with Crippen molar-refractivity contribution in [1.82, 2.24) is 19.7 Å². The van der Waals surface area contributed by atoms with E-state index in [4.69, 9.17) is 9.72 Å². The molecule has 1 aliphatic heterocycles. The van der Waals surface area contributed by atoms with Gasteiger partial charge in [0.1, 0.15) is 5.82 Å². The first-order chi connectivity index (χ1) is 14.8. The van der Waals surface area contributed by atoms with Crippen LogP contribution in [-0.2, 0) is 11.3 Å². The smallest absolute Gasteiger partial charge is 0.261 e. The number of fused-ring (bicyclic) bond motifs is 2. The number of methoxy groups -OCH3 is 1. The predicted octanol–water partition coefficient (Wildman–Crippen LogP) is 3.33. The first-order valence-corrected chi connectivity index (χ1v) is 10.2. The van der Waals surface area contributed by atoms with Crippen LogP contribution in [0.25, 0.3) is 21.7 Å². The molecule has 1 saturated heterocycles. The average Bonchev–Trinajstić information content (AvgIpc) is 3.27. The molecule has 152 valence electrons. The largest absolute Gasteiger partial charge is 0.383 e. The lowest BCUT2D eigenvalue weighted by Gasteiger charge is -2.28. The molecule has 4 aromatic rings. The third-order valence-electron chi connectivity index (χ3n) is 5.78. The van der Waals surface area contributed by atoms with Crippen LogP contribution in [0.4, 0.5) is 5.82 Å². The van der Waals surface area contributed by atoms with Crippen molar-refractivity contribution < 1.29 is 4.74 Å². The van der Waals surface area contributed by atoms with Gasteiger partial charge in [-0.05, 0) is 25.0 Å². The molecule has 0 radical (unpaired) electrons. The Morgan fingerprint density at radius 1 is 1.10 bits per heavy atom. The maximum atomic E-state index is 13.3. The van der Waals surface area contributed by atoms with Gasteiger partial charge in [0.05, 0.1) is 36.3 Å². The molecule has 0 amide bonds. The summed E-state index contributed by atoms with van der Waals surface area (Å²) in [6.45, 7) is 1.77. The fourth-order valence-corrected chi connectivity index (χ4v) is 4.35. The topological polar surface area (TPSA) is 73.1 Å². The number of anilines is 1. The van der Waals surface area contributed by atoms with Crippen molar-refractivity contribution in [3.05, 3.63) is 70.9 Å². The minimum absolute atomic E-state index is 0.0245. The summed E-state index contributed by atoms with van der Waals surface area (Å²) >= 11 is 0. The molecular formula is C23H23N5O2. The van der Waals surface area contributed by atoms with Gasteiger partial charge in [-0.1, -0.05) is 36.4 Å². The van der Waals surface area contributed by atoms with Gasteiger partial charge >= 0.3 is 0 Å². The van der Waals surface area contributed by atoms with Crippen LogP contribution in [0.1, 0.15) is 24.7 Å². The highest BCUT2D eigenvalue weighted by Gasteiger charge is 2.32. The monoisotopic (exact) mass is 401 g/mol. The van der Waals surface area contributed by atoms with E-state index in [2.05, 4.69) is 21.2 Å². The van der Waals surface area contributed by atoms with Gasteiger partial charge in [0.2, 0.25) is 0 Å². The maximum Gasteiger partial charge on any atom is 0.261 e. The van der Waals surface area contributed by atoms with E-state index in [1.807, 2.05) is 42.5 Å². The fraction of sp³-hybridized carbons (Fsp3) is 0.304. The molecule has 0 spiro atoms. The predicted molar refractivity (Wildman–Crippen MR) is 117 cm³/mol. The van der Waals surface area contributed by atoms with Crippen LogP contribution in [0.2, 0.25) is 0 Å². The van der Waals surface area contributed by atoms with Crippen LogP contribution < -0.4 is 10.5 Å². The molecule has 0 bridgehead atoms. The summed E-state index contributed by atoms with van der Waals surface area (Å²) < 4.78 is 7.05. The maximum absolute atomic E-state index is 13.3. The highest BCUT2D eigenvalue weighted by Crippen LogP contribution is 2.37. The minimum atomic E-state index is -0.0423. The molecule has 0 saturated carbocycles. The van der Waals surface area contributed by atoms with Gasteiger partial charge in [0, 0.05) is 24.4 Å². The van der Waals surface area contributed by atoms with Crippen molar-refractivity contribution in [3.8, 4) is 0 Å². The van der Waals surface area contributed by atoms with Gasteiger partial charge in [-0.25, -0.2) is 4.98 Å². The Morgan fingerprint density at radius 3 is 2.77 bits per heavy atom. The van der Waals surface area contributed by atoms with Gasteiger partial charge in [-0.3, -0.25) is 9.36 Å². The molecule has 1 aliphatic rings. The van der Waals surface area contributed by atoms with Crippen LogP contribution in [0.3, 0.4) is 0 Å². The zero-order chi connectivity index (χ0) is 20.5. The molecular weight excluding hydrogens is 378 g/mol. The van der Waals surface area contributed by atoms with Gasteiger partial charge < -0.3 is 9.64 Å². The number of aromatic nitrogens is 4. The van der Waals surface area contributed by atoms with Crippen LogP contribution in [-0.4, -0.2) is 40.0 Å². The third kappa shape index (κ3) is 3.11. The van der Waals surface area contributed by atoms with E-state index in [1.54, 1.807) is 17.9 Å². The van der Waals surface area contributed by atoms with Crippen molar-refractivity contribution in [1.29, 1.82) is 0 Å². The van der Waals surface area contributed by atoms with Gasteiger partial charge in [-0.15, -0.1) is 5.10 Å². The Bertz CT molecular complexity index is 1260. The van der Waals surface area contributed by atoms with Gasteiger partial charge in [0.25, 0.3) is 5.56 Å². The lowest BCUT2D eigenvalue weighted by molar-refractivity contribution is 0.184. The molecule has 1 atom stereocenters. The number of hydrogen-bond acceptors (Lipinski definition) is 6. The number of rotatable bonds is 5. The Kier molecular flexibility index (Phi) is 4.88. The number of hydrogen-bond donors (Lipinski definition) is 0. The molecule has 0 aliphatic carbocycles. The van der Waals surface area contributed by atoms with E-state index < -0.39 is 0 Å². The molecule has 0 N–H and O–H groups in total. The summed E-state index contributed by atoms with van der Waals surface area (Å²) in [5.41, 5.74) is 0.700. The quantitative estimate of drug-likeness (QED) is 0.511. The molecule has 1 fully saturated rings. The summed E-state index contributed by atoms with van der Waals surface area (Å²) in [4.78, 5) is 20.5. The molecule has 1 unspecified atom stereocenters. The number of para-hydroxylation sites is 1. The number of ether oxygens (including phenoxy) is 1. The average molecular weight is 401 g/mol. The highest BCUT2D eigenvalue weighted by atomic mass is 16.5. The van der Waals surface area contributed by atoms with Crippen LogP contribution in [0.5, 0.6) is 0 Å². The Hall–Kier alpha value is -3.32. The van der Waals surface area contributed by atoms with E-state index >= 15 is 0 Å². The molecule has 7 heteroatoms. The molecule has 5 rings (SSSR count). The van der Waals surface area contributed by atoms with Crippen molar-refractivity contribution in [2.75, 3.05) is 25.2 Å². The molecule has 7 nitrogen and oxygen atoms in total. The molecule has 2 aromatic heterocycles. The minimum Gasteiger partial charge on any atom is -0.383 e. The van der Waals surface area contributed by atoms with Crippen molar-refractivity contribution in [2.24, 2.45) is 0 Å². The van der Waals surface area contributed by atoms with Crippen molar-refractivity contribution >= 4 is 27.5 Å². The zero-order valence-electron chi connectivity index (χ0n) is 16.9. The fourth-order valence-electron chi connectivity index (χ4n) is 4.35. The summed E-state index contributed by atoms with van der Waals surface area (Å²) in [5.74, 6) is 1.61. The van der Waals surface area contributed by atoms with E-state index in [9.17, 15) is 4.79 Å². The Labute approximate surface area is 173 Å². The third-order valence-corrected chi connectivity index (χ3v) is 5.78. The van der Waals surface area contributed by atoms with E-state index in [0.29, 0.717) is 18.5 Å². The summed E-state index contributed by atoms with van der Waals surface area (Å²) in [5, 5.41) is 11.4. The lowest BCUT2D eigenvalue weighted by atomic mass is 10.1. The zero-order valence-corrected chi connectivity index (χ0v) is 16.9. The Morgan fingerprint density at radius 2 is 1.90 bits per heavy atom. The highest BCUT2D eigenvalue weighted by molar-refractivity contribution is 5.91. The standard InChI is InChI=1S/C23H23N5O2/c1-30-14-13-28-22(25-19-10-5-4-9-18(19)23(28)29)20-11-6-12-27(20)21-17-8-3-2-7-16(17)15-24-26-21/h2-5,7-10,15,20H,6,11-14H2,1H3. The normalized spacial score (nSPS) is 16.6. The molecule has 2 aromatic carbocycles. The Balaban J connectivity index is 1.67. The van der Waals surface area contributed by atoms with E-state index in [-0.39, 0.29) is 11.6 Å². The second-order valence-corrected chi connectivity index (χ2v) is 7.54. The second kappa shape index (κ2) is 7.84. The number of benzene rings is 2. The van der Waals surface area contributed by atoms with Crippen LogP contribution >= 0.6 is 0 Å². The first-order valence-electron chi connectivity index (χ1n) is 10.2. The van der Waals surface area contributed by atoms with Crippen LogP contribution in [0, 0.1) is 0 Å². The summed E-state index contributed by atoms with van der Waals surface area (Å²) in [7, 11) is 1.65. The van der Waals surface area contributed by atoms with E-state index in [1.165, 1.54) is 0 Å². The van der Waals surface area contributed by atoms with Crippen molar-refractivity contribution in [3.63, 3.8) is 0 Å². The van der Waals surface area contributed by atoms with Gasteiger partial charge in [0.15, 0.2) is 5.82 Å². The first kappa shape index (κ1) is 18.7. The van der Waals surface area contributed by atoms with Crippen LogP contribution in [0.15, 0.2) is 59.5 Å². The number of nitrogens with zero attached hydrogens (tertiary/aromatic N) is 5. The lowest BCUT2D eigenvalue weighted by Crippen LogP contribution is -2.33. The SMILES string of the molecule is COCCn1c(C2CCCN2c2nncc3ccccc23)nc2ccccc2c1=O. The summed E-state index contributed by atoms with van der Waals surface area (Å²) in [6.07, 6.45) is 3.69.